The third kappa shape index (κ3) is 3.77. The molecule has 1 heterocycles. The van der Waals surface area contributed by atoms with Crippen molar-refractivity contribution in [2.75, 3.05) is 13.7 Å². The number of rotatable bonds is 5. The van der Waals surface area contributed by atoms with Gasteiger partial charge in [0.05, 0.1) is 7.11 Å². The van der Waals surface area contributed by atoms with Gasteiger partial charge in [-0.05, 0) is 35.4 Å². The number of hydrogen-bond acceptors (Lipinski definition) is 3. The number of carboxylic acids is 1. The summed E-state index contributed by atoms with van der Waals surface area (Å²) in [6, 6.07) is 12.4. The molecule has 130 valence electrons. The number of methoxy groups -OCH3 is 1. The standard InChI is InChI=1S/C19H18ClNO4/c1-25-17-8-13(4-7-16(17)19(23)24)14-9-18(22)21(11-14)10-12-2-5-15(20)6-3-12/h2-8,14H,9-11H2,1H3,(H,23,24). The molecule has 0 aromatic heterocycles. The lowest BCUT2D eigenvalue weighted by Gasteiger charge is -2.17. The smallest absolute Gasteiger partial charge is 0.339 e. The zero-order valence-electron chi connectivity index (χ0n) is 13.7. The van der Waals surface area contributed by atoms with Crippen LogP contribution in [0.15, 0.2) is 42.5 Å². The minimum atomic E-state index is -1.03. The highest BCUT2D eigenvalue weighted by Crippen LogP contribution is 2.32. The van der Waals surface area contributed by atoms with E-state index < -0.39 is 5.97 Å². The van der Waals surface area contributed by atoms with E-state index in [1.54, 1.807) is 12.1 Å². The first-order chi connectivity index (χ1) is 12.0. The van der Waals surface area contributed by atoms with E-state index in [0.29, 0.717) is 30.3 Å². The number of likely N-dealkylation sites (tertiary alicyclic amines) is 1. The summed E-state index contributed by atoms with van der Waals surface area (Å²) in [5, 5.41) is 9.84. The molecule has 1 N–H and O–H groups in total. The average molecular weight is 360 g/mol. The van der Waals surface area contributed by atoms with E-state index in [1.165, 1.54) is 13.2 Å². The van der Waals surface area contributed by atoms with Crippen molar-refractivity contribution in [2.24, 2.45) is 0 Å². The summed E-state index contributed by atoms with van der Waals surface area (Å²) in [5.41, 5.74) is 2.06. The maximum atomic E-state index is 12.3. The molecule has 1 unspecified atom stereocenters. The summed E-state index contributed by atoms with van der Waals surface area (Å²) in [6.07, 6.45) is 0.406. The van der Waals surface area contributed by atoms with E-state index in [-0.39, 0.29) is 17.4 Å². The van der Waals surface area contributed by atoms with Crippen molar-refractivity contribution in [3.05, 3.63) is 64.2 Å². The van der Waals surface area contributed by atoms with Gasteiger partial charge in [0.2, 0.25) is 5.91 Å². The number of amides is 1. The topological polar surface area (TPSA) is 66.8 Å². The number of carboxylic acid groups (broad SMARTS) is 1. The quantitative estimate of drug-likeness (QED) is 0.886. The fraction of sp³-hybridized carbons (Fsp3) is 0.263. The summed E-state index contributed by atoms with van der Waals surface area (Å²) in [4.78, 5) is 25.3. The van der Waals surface area contributed by atoms with Gasteiger partial charge in [-0.15, -0.1) is 0 Å². The summed E-state index contributed by atoms with van der Waals surface area (Å²) in [5.74, 6) is -0.610. The molecule has 6 heteroatoms. The van der Waals surface area contributed by atoms with Gasteiger partial charge in [-0.3, -0.25) is 4.79 Å². The highest BCUT2D eigenvalue weighted by molar-refractivity contribution is 6.30. The first-order valence-electron chi connectivity index (χ1n) is 7.91. The van der Waals surface area contributed by atoms with Crippen LogP contribution in [0.1, 0.15) is 33.8 Å². The Hall–Kier alpha value is -2.53. The van der Waals surface area contributed by atoms with Crippen molar-refractivity contribution in [1.82, 2.24) is 4.90 Å². The molecule has 1 fully saturated rings. The lowest BCUT2D eigenvalue weighted by atomic mass is 9.96. The summed E-state index contributed by atoms with van der Waals surface area (Å²) in [6.45, 7) is 1.13. The zero-order chi connectivity index (χ0) is 18.0. The monoisotopic (exact) mass is 359 g/mol. The third-order valence-electron chi connectivity index (χ3n) is 4.43. The van der Waals surface area contributed by atoms with Gasteiger partial charge >= 0.3 is 5.97 Å². The van der Waals surface area contributed by atoms with Gasteiger partial charge in [-0.25, -0.2) is 4.79 Å². The number of halogens is 1. The largest absolute Gasteiger partial charge is 0.496 e. The van der Waals surface area contributed by atoms with Gasteiger partial charge in [0.1, 0.15) is 11.3 Å². The van der Waals surface area contributed by atoms with Crippen LogP contribution >= 0.6 is 11.6 Å². The lowest BCUT2D eigenvalue weighted by molar-refractivity contribution is -0.128. The van der Waals surface area contributed by atoms with Gasteiger partial charge in [0.15, 0.2) is 0 Å². The molecule has 0 spiro atoms. The van der Waals surface area contributed by atoms with Crippen LogP contribution in [0.5, 0.6) is 5.75 Å². The normalized spacial score (nSPS) is 17.0. The van der Waals surface area contributed by atoms with Crippen molar-refractivity contribution < 1.29 is 19.4 Å². The number of aromatic carboxylic acids is 1. The molecule has 2 aromatic rings. The number of carbonyl (C=O) groups is 2. The van der Waals surface area contributed by atoms with Crippen LogP contribution in [0.25, 0.3) is 0 Å². The van der Waals surface area contributed by atoms with Gasteiger partial charge in [0.25, 0.3) is 0 Å². The van der Waals surface area contributed by atoms with Crippen molar-refractivity contribution in [3.63, 3.8) is 0 Å². The molecule has 0 bridgehead atoms. The molecular weight excluding hydrogens is 342 g/mol. The lowest BCUT2D eigenvalue weighted by Crippen LogP contribution is -2.24. The molecule has 2 aromatic carbocycles. The number of benzene rings is 2. The molecule has 5 nitrogen and oxygen atoms in total. The minimum Gasteiger partial charge on any atom is -0.496 e. The first-order valence-corrected chi connectivity index (χ1v) is 8.29. The van der Waals surface area contributed by atoms with E-state index in [9.17, 15) is 9.59 Å². The number of ether oxygens (including phenoxy) is 1. The molecule has 1 saturated heterocycles. The number of carbonyl (C=O) groups excluding carboxylic acids is 1. The molecule has 0 saturated carbocycles. The van der Waals surface area contributed by atoms with E-state index >= 15 is 0 Å². The maximum absolute atomic E-state index is 12.3. The molecule has 0 aliphatic carbocycles. The second-order valence-electron chi connectivity index (χ2n) is 6.07. The van der Waals surface area contributed by atoms with Crippen molar-refractivity contribution in [2.45, 2.75) is 18.9 Å². The fourth-order valence-electron chi connectivity index (χ4n) is 3.10. The van der Waals surface area contributed by atoms with Crippen molar-refractivity contribution in [3.8, 4) is 5.75 Å². The summed E-state index contributed by atoms with van der Waals surface area (Å²) >= 11 is 5.89. The van der Waals surface area contributed by atoms with E-state index in [4.69, 9.17) is 21.4 Å². The molecule has 25 heavy (non-hydrogen) atoms. The zero-order valence-corrected chi connectivity index (χ0v) is 14.5. The first kappa shape index (κ1) is 17.3. The Morgan fingerprint density at radius 3 is 2.64 bits per heavy atom. The predicted molar refractivity (Wildman–Crippen MR) is 94.2 cm³/mol. The van der Waals surface area contributed by atoms with Gasteiger partial charge in [-0.1, -0.05) is 29.8 Å². The van der Waals surface area contributed by atoms with Crippen LogP contribution in [0, 0.1) is 0 Å². The van der Waals surface area contributed by atoms with Crippen LogP contribution in [0.3, 0.4) is 0 Å². The van der Waals surface area contributed by atoms with Crippen LogP contribution in [-0.2, 0) is 11.3 Å². The molecule has 1 aliphatic heterocycles. The van der Waals surface area contributed by atoms with E-state index in [2.05, 4.69) is 0 Å². The number of hydrogen-bond donors (Lipinski definition) is 1. The SMILES string of the molecule is COc1cc(C2CC(=O)N(Cc3ccc(Cl)cc3)C2)ccc1C(=O)O. The van der Waals surface area contributed by atoms with Crippen molar-refractivity contribution in [1.29, 1.82) is 0 Å². The predicted octanol–water partition coefficient (Wildman–Crippen LogP) is 3.56. The Bertz CT molecular complexity index is 804. The fourth-order valence-corrected chi connectivity index (χ4v) is 3.22. The molecule has 1 atom stereocenters. The van der Waals surface area contributed by atoms with Crippen LogP contribution in [-0.4, -0.2) is 35.5 Å². The average Bonchev–Trinajstić information content (AvgIpc) is 2.97. The Morgan fingerprint density at radius 2 is 2.00 bits per heavy atom. The molecule has 3 rings (SSSR count). The third-order valence-corrected chi connectivity index (χ3v) is 4.68. The Labute approximate surface area is 150 Å². The molecule has 1 amide bonds. The molecule has 1 aliphatic rings. The van der Waals surface area contributed by atoms with Crippen LogP contribution in [0.2, 0.25) is 5.02 Å². The summed E-state index contributed by atoms with van der Waals surface area (Å²) in [7, 11) is 1.44. The molecular formula is C19H18ClNO4. The van der Waals surface area contributed by atoms with Gasteiger partial charge < -0.3 is 14.7 Å². The van der Waals surface area contributed by atoms with Crippen LogP contribution in [0.4, 0.5) is 0 Å². The Kier molecular flexibility index (Phi) is 4.95. The maximum Gasteiger partial charge on any atom is 0.339 e. The van der Waals surface area contributed by atoms with Gasteiger partial charge in [-0.2, -0.15) is 0 Å². The van der Waals surface area contributed by atoms with Crippen molar-refractivity contribution >= 4 is 23.5 Å². The van der Waals surface area contributed by atoms with Gasteiger partial charge in [0, 0.05) is 30.5 Å². The van der Waals surface area contributed by atoms with E-state index in [1.807, 2.05) is 29.2 Å². The highest BCUT2D eigenvalue weighted by atomic mass is 35.5. The minimum absolute atomic E-state index is 0.0246. The molecule has 0 radical (unpaired) electrons. The second kappa shape index (κ2) is 7.15. The number of nitrogens with zero attached hydrogens (tertiary/aromatic N) is 1. The van der Waals surface area contributed by atoms with E-state index in [0.717, 1.165) is 11.1 Å². The Morgan fingerprint density at radius 1 is 1.28 bits per heavy atom. The summed E-state index contributed by atoms with van der Waals surface area (Å²) < 4.78 is 5.18. The van der Waals surface area contributed by atoms with Crippen LogP contribution < -0.4 is 4.74 Å². The Balaban J connectivity index is 1.75. The highest BCUT2D eigenvalue weighted by Gasteiger charge is 2.31. The second-order valence-corrected chi connectivity index (χ2v) is 6.50.